The molecule has 1 spiro atoms. The largest absolute Gasteiger partial charge is 0.459 e. The number of likely N-dealkylation sites (tertiary alicyclic amines) is 1. The van der Waals surface area contributed by atoms with Crippen LogP contribution in [0.15, 0.2) is 53.1 Å². The number of furan rings is 1. The van der Waals surface area contributed by atoms with Gasteiger partial charge in [-0.3, -0.25) is 14.6 Å². The monoisotopic (exact) mass is 381 g/mol. The van der Waals surface area contributed by atoms with Crippen molar-refractivity contribution in [1.29, 1.82) is 0 Å². The van der Waals surface area contributed by atoms with Crippen molar-refractivity contribution in [2.45, 2.75) is 31.2 Å². The molecular formula is C23H31N3O2. The highest BCUT2D eigenvalue weighted by Crippen LogP contribution is 2.33. The van der Waals surface area contributed by atoms with Crippen LogP contribution in [0.2, 0.25) is 0 Å². The Morgan fingerprint density at radius 1 is 1.07 bits per heavy atom. The van der Waals surface area contributed by atoms with Crippen LogP contribution in [0.1, 0.15) is 41.8 Å². The summed E-state index contributed by atoms with van der Waals surface area (Å²) in [6, 6.07) is 14.3. The molecule has 150 valence electrons. The number of piperidine rings is 1. The number of hydrogen-bond donors (Lipinski definition) is 0. The highest BCUT2D eigenvalue weighted by molar-refractivity contribution is 5.91. The number of nitrogens with zero attached hydrogens (tertiary/aromatic N) is 3. The van der Waals surface area contributed by atoms with Crippen LogP contribution in [0.3, 0.4) is 0 Å². The summed E-state index contributed by atoms with van der Waals surface area (Å²) >= 11 is 0. The maximum atomic E-state index is 12.6. The minimum absolute atomic E-state index is 0.0212. The predicted octanol–water partition coefficient (Wildman–Crippen LogP) is 3.31. The number of carbonyl (C=O) groups is 1. The molecule has 2 saturated heterocycles. The first kappa shape index (κ1) is 19.2. The molecule has 0 radical (unpaired) electrons. The topological polar surface area (TPSA) is 39.9 Å². The van der Waals surface area contributed by atoms with E-state index >= 15 is 0 Å². The number of amides is 1. The molecule has 28 heavy (non-hydrogen) atoms. The second kappa shape index (κ2) is 8.10. The molecule has 2 aromatic rings. The van der Waals surface area contributed by atoms with E-state index in [1.807, 2.05) is 4.90 Å². The lowest BCUT2D eigenvalue weighted by molar-refractivity contribution is -0.0252. The van der Waals surface area contributed by atoms with Crippen LogP contribution in [0.5, 0.6) is 0 Å². The molecule has 3 heterocycles. The fraction of sp³-hybridized carbons (Fsp3) is 0.522. The summed E-state index contributed by atoms with van der Waals surface area (Å²) in [4.78, 5) is 19.7. The van der Waals surface area contributed by atoms with E-state index in [0.717, 1.165) is 52.1 Å². The van der Waals surface area contributed by atoms with E-state index in [1.54, 1.807) is 18.4 Å². The molecular weight excluding hydrogens is 350 g/mol. The Balaban J connectivity index is 1.38. The standard InChI is InChI=1S/C23H31N3O2/c1-19(20-7-4-3-5-8-20)17-25-15-14-24(2)23(18-25)10-12-26(13-11-23)22(27)21-9-6-16-28-21/h3-9,16,19H,10-15,17-18H2,1-2H3/t19-/m1/s1. The molecule has 0 bridgehead atoms. The molecule has 0 N–H and O–H groups in total. The number of piperazine rings is 1. The lowest BCUT2D eigenvalue weighted by Gasteiger charge is -2.53. The van der Waals surface area contributed by atoms with E-state index in [0.29, 0.717) is 11.7 Å². The van der Waals surface area contributed by atoms with Gasteiger partial charge < -0.3 is 9.32 Å². The average Bonchev–Trinajstić information content (AvgIpc) is 3.26. The molecule has 1 amide bonds. The number of likely N-dealkylation sites (N-methyl/N-ethyl adjacent to an activating group) is 1. The molecule has 2 aliphatic heterocycles. The van der Waals surface area contributed by atoms with Crippen molar-refractivity contribution in [1.82, 2.24) is 14.7 Å². The van der Waals surface area contributed by atoms with Crippen molar-refractivity contribution >= 4 is 5.91 Å². The summed E-state index contributed by atoms with van der Waals surface area (Å²) in [6.07, 6.45) is 3.61. The molecule has 2 fully saturated rings. The van der Waals surface area contributed by atoms with Crippen LogP contribution < -0.4 is 0 Å². The van der Waals surface area contributed by atoms with Gasteiger partial charge in [0.15, 0.2) is 5.76 Å². The lowest BCUT2D eigenvalue weighted by atomic mass is 9.83. The number of benzene rings is 1. The van der Waals surface area contributed by atoms with Crippen LogP contribution in [-0.4, -0.2) is 72.5 Å². The highest BCUT2D eigenvalue weighted by atomic mass is 16.3. The first-order chi connectivity index (χ1) is 13.6. The lowest BCUT2D eigenvalue weighted by Crippen LogP contribution is -2.65. The van der Waals surface area contributed by atoms with E-state index in [2.05, 4.69) is 54.1 Å². The predicted molar refractivity (Wildman–Crippen MR) is 111 cm³/mol. The summed E-state index contributed by atoms with van der Waals surface area (Å²) in [5, 5.41) is 0. The van der Waals surface area contributed by atoms with Gasteiger partial charge in [-0.05, 0) is 43.5 Å². The van der Waals surface area contributed by atoms with Gasteiger partial charge in [0, 0.05) is 44.8 Å². The zero-order valence-electron chi connectivity index (χ0n) is 17.0. The molecule has 1 aromatic carbocycles. The molecule has 5 heteroatoms. The fourth-order valence-electron chi connectivity index (χ4n) is 4.80. The van der Waals surface area contributed by atoms with Crippen LogP contribution in [0.25, 0.3) is 0 Å². The van der Waals surface area contributed by atoms with Gasteiger partial charge >= 0.3 is 0 Å². The summed E-state index contributed by atoms with van der Waals surface area (Å²) < 4.78 is 5.30. The van der Waals surface area contributed by atoms with Gasteiger partial charge in [0.05, 0.1) is 6.26 Å². The van der Waals surface area contributed by atoms with E-state index in [-0.39, 0.29) is 11.4 Å². The Kier molecular flexibility index (Phi) is 5.56. The second-order valence-corrected chi connectivity index (χ2v) is 8.46. The number of hydrogen-bond acceptors (Lipinski definition) is 4. The molecule has 2 aliphatic rings. The Morgan fingerprint density at radius 2 is 1.82 bits per heavy atom. The first-order valence-corrected chi connectivity index (χ1v) is 10.4. The zero-order valence-corrected chi connectivity index (χ0v) is 17.0. The molecule has 0 aliphatic carbocycles. The average molecular weight is 382 g/mol. The van der Waals surface area contributed by atoms with Gasteiger partial charge in [-0.15, -0.1) is 0 Å². The van der Waals surface area contributed by atoms with Gasteiger partial charge in [0.1, 0.15) is 0 Å². The normalized spacial score (nSPS) is 21.7. The van der Waals surface area contributed by atoms with Crippen LogP contribution in [-0.2, 0) is 0 Å². The molecule has 0 unspecified atom stereocenters. The third-order valence-corrected chi connectivity index (χ3v) is 6.69. The Bertz CT molecular complexity index is 766. The van der Waals surface area contributed by atoms with Crippen LogP contribution >= 0.6 is 0 Å². The van der Waals surface area contributed by atoms with Gasteiger partial charge in [-0.2, -0.15) is 0 Å². The Hall–Kier alpha value is -2.11. The third kappa shape index (κ3) is 3.87. The molecule has 0 saturated carbocycles. The molecule has 1 atom stereocenters. The summed E-state index contributed by atoms with van der Waals surface area (Å²) in [5.41, 5.74) is 1.59. The number of rotatable bonds is 4. The van der Waals surface area contributed by atoms with Crippen LogP contribution in [0, 0.1) is 0 Å². The molecule has 5 nitrogen and oxygen atoms in total. The first-order valence-electron chi connectivity index (χ1n) is 10.4. The van der Waals surface area contributed by atoms with Crippen molar-refractivity contribution in [2.75, 3.05) is 46.3 Å². The van der Waals surface area contributed by atoms with Gasteiger partial charge in [-0.1, -0.05) is 37.3 Å². The van der Waals surface area contributed by atoms with Gasteiger partial charge in [-0.25, -0.2) is 0 Å². The van der Waals surface area contributed by atoms with Gasteiger partial charge in [0.25, 0.3) is 5.91 Å². The maximum absolute atomic E-state index is 12.6. The van der Waals surface area contributed by atoms with Gasteiger partial charge in [0.2, 0.25) is 0 Å². The zero-order chi connectivity index (χ0) is 19.6. The highest BCUT2D eigenvalue weighted by Gasteiger charge is 2.43. The number of carbonyl (C=O) groups excluding carboxylic acids is 1. The minimum Gasteiger partial charge on any atom is -0.459 e. The smallest absolute Gasteiger partial charge is 0.289 e. The quantitative estimate of drug-likeness (QED) is 0.815. The SMILES string of the molecule is C[C@H](CN1CCN(C)C2(CCN(C(=O)c3ccco3)CC2)C1)c1ccccc1. The summed E-state index contributed by atoms with van der Waals surface area (Å²) in [6.45, 7) is 8.30. The molecule has 1 aromatic heterocycles. The Morgan fingerprint density at radius 3 is 2.50 bits per heavy atom. The third-order valence-electron chi connectivity index (χ3n) is 6.69. The molecule has 4 rings (SSSR count). The van der Waals surface area contributed by atoms with Crippen molar-refractivity contribution in [2.24, 2.45) is 0 Å². The summed E-state index contributed by atoms with van der Waals surface area (Å²) in [5.74, 6) is 1.00. The Labute approximate surface area is 167 Å². The van der Waals surface area contributed by atoms with E-state index in [4.69, 9.17) is 4.42 Å². The van der Waals surface area contributed by atoms with Crippen molar-refractivity contribution in [3.05, 3.63) is 60.1 Å². The fourth-order valence-corrected chi connectivity index (χ4v) is 4.80. The van der Waals surface area contributed by atoms with Crippen molar-refractivity contribution < 1.29 is 9.21 Å². The van der Waals surface area contributed by atoms with Crippen molar-refractivity contribution in [3.8, 4) is 0 Å². The van der Waals surface area contributed by atoms with E-state index < -0.39 is 0 Å². The van der Waals surface area contributed by atoms with Crippen LogP contribution in [0.4, 0.5) is 0 Å². The second-order valence-electron chi connectivity index (χ2n) is 8.46. The summed E-state index contributed by atoms with van der Waals surface area (Å²) in [7, 11) is 2.25. The van der Waals surface area contributed by atoms with Crippen molar-refractivity contribution in [3.63, 3.8) is 0 Å². The maximum Gasteiger partial charge on any atom is 0.289 e. The minimum atomic E-state index is 0.0212. The van der Waals surface area contributed by atoms with E-state index in [9.17, 15) is 4.79 Å². The van der Waals surface area contributed by atoms with E-state index in [1.165, 1.54) is 5.56 Å².